The summed E-state index contributed by atoms with van der Waals surface area (Å²) in [5.74, 6) is -0.838. The Morgan fingerprint density at radius 1 is 1.45 bits per heavy atom. The number of rotatable bonds is 4. The second-order valence-corrected chi connectivity index (χ2v) is 6.12. The minimum atomic E-state index is -0.665. The van der Waals surface area contributed by atoms with Gasteiger partial charge in [-0.15, -0.1) is 10.2 Å². The molecule has 0 saturated heterocycles. The van der Waals surface area contributed by atoms with Gasteiger partial charge >= 0.3 is 0 Å². The molecule has 1 N–H and O–H groups in total. The van der Waals surface area contributed by atoms with Crippen LogP contribution in [0, 0.1) is 11.7 Å². The number of nitrogens with one attached hydrogen (secondary N) is 1. The molecule has 0 fully saturated rings. The van der Waals surface area contributed by atoms with Crippen LogP contribution in [0.3, 0.4) is 0 Å². The predicted octanol–water partition coefficient (Wildman–Crippen LogP) is 3.78. The van der Waals surface area contributed by atoms with E-state index in [-0.39, 0.29) is 10.6 Å². The molecule has 1 aromatic carbocycles. The zero-order valence-electron chi connectivity index (χ0n) is 11.0. The number of carbonyl (C=O) groups is 1. The summed E-state index contributed by atoms with van der Waals surface area (Å²) in [6.07, 6.45) is 0.786. The summed E-state index contributed by atoms with van der Waals surface area (Å²) in [7, 11) is 0. The van der Waals surface area contributed by atoms with E-state index in [4.69, 9.17) is 11.6 Å². The van der Waals surface area contributed by atoms with Crippen molar-refractivity contribution in [2.75, 3.05) is 5.32 Å². The normalized spacial score (nSPS) is 10.8. The van der Waals surface area contributed by atoms with E-state index in [9.17, 15) is 9.18 Å². The Labute approximate surface area is 125 Å². The molecule has 2 aromatic rings. The lowest BCUT2D eigenvalue weighted by Gasteiger charge is -2.04. The highest BCUT2D eigenvalue weighted by Gasteiger charge is 2.17. The molecule has 0 radical (unpaired) electrons. The summed E-state index contributed by atoms with van der Waals surface area (Å²) in [4.78, 5) is 12.0. The molecule has 0 unspecified atom stereocenters. The van der Waals surface area contributed by atoms with Gasteiger partial charge in [-0.05, 0) is 18.1 Å². The largest absolute Gasteiger partial charge is 0.296 e. The standard InChI is InChI=1S/C13H13ClFN3OS/c1-7(2)6-10-17-18-13(20-10)16-12(19)11-8(14)4-3-5-9(11)15/h3-5,7H,6H2,1-2H3,(H,16,18,19). The third-order valence-electron chi connectivity index (χ3n) is 2.46. The van der Waals surface area contributed by atoms with E-state index in [1.807, 2.05) is 0 Å². The van der Waals surface area contributed by atoms with Crippen molar-refractivity contribution in [1.29, 1.82) is 0 Å². The smallest absolute Gasteiger partial charge is 0.261 e. The number of hydrogen-bond acceptors (Lipinski definition) is 4. The molecule has 7 heteroatoms. The van der Waals surface area contributed by atoms with Gasteiger partial charge < -0.3 is 0 Å². The average molecular weight is 314 g/mol. The molecule has 1 heterocycles. The first-order chi connectivity index (χ1) is 9.47. The van der Waals surface area contributed by atoms with Crippen LogP contribution in [-0.2, 0) is 6.42 Å². The summed E-state index contributed by atoms with van der Waals surface area (Å²) in [6, 6.07) is 4.09. The highest BCUT2D eigenvalue weighted by atomic mass is 35.5. The van der Waals surface area contributed by atoms with Crippen LogP contribution in [0.1, 0.15) is 29.2 Å². The zero-order chi connectivity index (χ0) is 14.7. The molecule has 0 aliphatic heterocycles. The van der Waals surface area contributed by atoms with Crippen LogP contribution in [0.4, 0.5) is 9.52 Å². The quantitative estimate of drug-likeness (QED) is 0.934. The summed E-state index contributed by atoms with van der Waals surface area (Å²) in [6.45, 7) is 4.14. The molecular weight excluding hydrogens is 301 g/mol. The molecule has 1 aromatic heterocycles. The molecule has 0 aliphatic carbocycles. The fourth-order valence-corrected chi connectivity index (χ4v) is 2.81. The van der Waals surface area contributed by atoms with Gasteiger partial charge in [0.15, 0.2) is 0 Å². The van der Waals surface area contributed by atoms with Crippen LogP contribution in [0.2, 0.25) is 5.02 Å². The van der Waals surface area contributed by atoms with Gasteiger partial charge in [0.05, 0.1) is 10.6 Å². The minimum Gasteiger partial charge on any atom is -0.296 e. The predicted molar refractivity (Wildman–Crippen MR) is 77.8 cm³/mol. The summed E-state index contributed by atoms with van der Waals surface area (Å²) >= 11 is 7.11. The van der Waals surface area contributed by atoms with Crippen molar-refractivity contribution in [3.63, 3.8) is 0 Å². The Kier molecular flexibility index (Phi) is 4.67. The first kappa shape index (κ1) is 14.9. The first-order valence-corrected chi connectivity index (χ1v) is 7.24. The van der Waals surface area contributed by atoms with E-state index >= 15 is 0 Å². The molecule has 0 aliphatic rings. The number of anilines is 1. The Hall–Kier alpha value is -1.53. The minimum absolute atomic E-state index is 0.0643. The SMILES string of the molecule is CC(C)Cc1nnc(NC(=O)c2c(F)cccc2Cl)s1. The first-order valence-electron chi connectivity index (χ1n) is 6.05. The second kappa shape index (κ2) is 6.28. The molecule has 0 saturated carbocycles. The zero-order valence-corrected chi connectivity index (χ0v) is 12.6. The van der Waals surface area contributed by atoms with Crippen molar-refractivity contribution in [1.82, 2.24) is 10.2 Å². The fraction of sp³-hybridized carbons (Fsp3) is 0.308. The van der Waals surface area contributed by atoms with Crippen LogP contribution < -0.4 is 5.32 Å². The molecule has 20 heavy (non-hydrogen) atoms. The maximum absolute atomic E-state index is 13.6. The highest BCUT2D eigenvalue weighted by molar-refractivity contribution is 7.15. The van der Waals surface area contributed by atoms with Crippen molar-refractivity contribution >= 4 is 34.0 Å². The van der Waals surface area contributed by atoms with E-state index in [0.717, 1.165) is 11.4 Å². The fourth-order valence-electron chi connectivity index (χ4n) is 1.61. The van der Waals surface area contributed by atoms with Gasteiger partial charge in [-0.3, -0.25) is 10.1 Å². The van der Waals surface area contributed by atoms with Crippen molar-refractivity contribution in [2.45, 2.75) is 20.3 Å². The lowest BCUT2D eigenvalue weighted by molar-refractivity contribution is 0.102. The van der Waals surface area contributed by atoms with E-state index in [1.54, 1.807) is 0 Å². The summed E-state index contributed by atoms with van der Waals surface area (Å²) in [5.41, 5.74) is -0.185. The Bertz CT molecular complexity index is 610. The number of aromatic nitrogens is 2. The van der Waals surface area contributed by atoms with Crippen LogP contribution >= 0.6 is 22.9 Å². The van der Waals surface area contributed by atoms with Gasteiger partial charge in [0, 0.05) is 6.42 Å². The average Bonchev–Trinajstić information content (AvgIpc) is 2.75. The third kappa shape index (κ3) is 3.52. The van der Waals surface area contributed by atoms with Crippen molar-refractivity contribution in [2.24, 2.45) is 5.92 Å². The number of hydrogen-bond donors (Lipinski definition) is 1. The molecular formula is C13H13ClFN3OS. The van der Waals surface area contributed by atoms with Gasteiger partial charge in [-0.2, -0.15) is 0 Å². The van der Waals surface area contributed by atoms with Crippen molar-refractivity contribution in [3.05, 3.63) is 39.6 Å². The monoisotopic (exact) mass is 313 g/mol. The van der Waals surface area contributed by atoms with Crippen molar-refractivity contribution in [3.8, 4) is 0 Å². The van der Waals surface area contributed by atoms with Crippen LogP contribution in [0.25, 0.3) is 0 Å². The van der Waals surface area contributed by atoms with Gasteiger partial charge in [0.25, 0.3) is 5.91 Å². The lowest BCUT2D eigenvalue weighted by Crippen LogP contribution is -2.14. The molecule has 1 amide bonds. The second-order valence-electron chi connectivity index (χ2n) is 4.65. The maximum Gasteiger partial charge on any atom is 0.261 e. The topological polar surface area (TPSA) is 54.9 Å². The van der Waals surface area contributed by atoms with Crippen molar-refractivity contribution < 1.29 is 9.18 Å². The molecule has 106 valence electrons. The lowest BCUT2D eigenvalue weighted by atomic mass is 10.1. The maximum atomic E-state index is 13.6. The molecule has 2 rings (SSSR count). The van der Waals surface area contributed by atoms with Gasteiger partial charge in [0.2, 0.25) is 5.13 Å². The van der Waals surface area contributed by atoms with E-state index in [2.05, 4.69) is 29.4 Å². The number of amides is 1. The number of halogens is 2. The summed E-state index contributed by atoms with van der Waals surface area (Å²) < 4.78 is 13.6. The van der Waals surface area contributed by atoms with Crippen LogP contribution in [-0.4, -0.2) is 16.1 Å². The van der Waals surface area contributed by atoms with E-state index in [0.29, 0.717) is 11.0 Å². The number of carbonyl (C=O) groups excluding carboxylic acids is 1. The molecule has 0 bridgehead atoms. The number of nitrogens with zero attached hydrogens (tertiary/aromatic N) is 2. The summed E-state index contributed by atoms with van der Waals surface area (Å²) in [5, 5.41) is 11.6. The molecule has 0 spiro atoms. The van der Waals surface area contributed by atoms with Gasteiger partial charge in [-0.25, -0.2) is 4.39 Å². The Morgan fingerprint density at radius 3 is 2.85 bits per heavy atom. The van der Waals surface area contributed by atoms with Crippen LogP contribution in [0.5, 0.6) is 0 Å². The Balaban J connectivity index is 2.14. The highest BCUT2D eigenvalue weighted by Crippen LogP contribution is 2.22. The Morgan fingerprint density at radius 2 is 2.20 bits per heavy atom. The van der Waals surface area contributed by atoms with Gasteiger partial charge in [-0.1, -0.05) is 42.9 Å². The van der Waals surface area contributed by atoms with E-state index in [1.165, 1.54) is 29.5 Å². The van der Waals surface area contributed by atoms with Crippen LogP contribution in [0.15, 0.2) is 18.2 Å². The van der Waals surface area contributed by atoms with E-state index < -0.39 is 11.7 Å². The third-order valence-corrected chi connectivity index (χ3v) is 3.64. The number of benzene rings is 1. The molecule has 0 atom stereocenters. The van der Waals surface area contributed by atoms with Gasteiger partial charge in [0.1, 0.15) is 10.8 Å². The molecule has 4 nitrogen and oxygen atoms in total.